The second-order valence-electron chi connectivity index (χ2n) is 4.79. The van der Waals surface area contributed by atoms with E-state index in [4.69, 9.17) is 5.11 Å². The highest BCUT2D eigenvalue weighted by molar-refractivity contribution is 7.15. The number of nitrogens with zero attached hydrogens (tertiary/aromatic N) is 3. The predicted molar refractivity (Wildman–Crippen MR) is 74.3 cm³/mol. The van der Waals surface area contributed by atoms with Gasteiger partial charge in [-0.3, -0.25) is 5.32 Å². The Labute approximate surface area is 116 Å². The number of aryl methyl sites for hydroxylation is 1. The molecule has 2 rings (SSSR count). The third-order valence-electron chi connectivity index (χ3n) is 3.30. The lowest BCUT2D eigenvalue weighted by molar-refractivity contribution is 0.143. The number of nitrogens with one attached hydrogen (secondary N) is 1. The van der Waals surface area contributed by atoms with Crippen LogP contribution in [0.25, 0.3) is 0 Å². The molecule has 2 heterocycles. The molecule has 1 aromatic heterocycles. The minimum Gasteiger partial charge on any atom is -0.396 e. The van der Waals surface area contributed by atoms with Gasteiger partial charge in [-0.05, 0) is 25.2 Å². The quantitative estimate of drug-likeness (QED) is 0.882. The first kappa shape index (κ1) is 14.2. The van der Waals surface area contributed by atoms with Crippen molar-refractivity contribution < 1.29 is 9.90 Å². The lowest BCUT2D eigenvalue weighted by Crippen LogP contribution is -2.41. The predicted octanol–water partition coefficient (Wildman–Crippen LogP) is 1.73. The Morgan fingerprint density at radius 1 is 1.47 bits per heavy atom. The number of hydrogen-bond donors (Lipinski definition) is 2. The molecule has 0 aliphatic carbocycles. The molecule has 0 unspecified atom stereocenters. The van der Waals surface area contributed by atoms with Gasteiger partial charge in [-0.15, -0.1) is 10.2 Å². The van der Waals surface area contributed by atoms with Crippen LogP contribution < -0.4 is 5.32 Å². The summed E-state index contributed by atoms with van der Waals surface area (Å²) in [4.78, 5) is 13.8. The normalized spacial score (nSPS) is 16.6. The van der Waals surface area contributed by atoms with Crippen LogP contribution >= 0.6 is 11.3 Å². The van der Waals surface area contributed by atoms with E-state index in [0.717, 1.165) is 30.7 Å². The fraction of sp³-hybridized carbons (Fsp3) is 0.750. The monoisotopic (exact) mass is 284 g/mol. The number of anilines is 1. The number of aliphatic hydroxyl groups is 1. The maximum atomic E-state index is 12.0. The average molecular weight is 284 g/mol. The molecule has 6 nitrogen and oxygen atoms in total. The highest BCUT2D eigenvalue weighted by Gasteiger charge is 2.22. The van der Waals surface area contributed by atoms with Crippen LogP contribution in [0.4, 0.5) is 9.93 Å². The van der Waals surface area contributed by atoms with Crippen molar-refractivity contribution in [2.24, 2.45) is 5.92 Å². The number of likely N-dealkylation sites (tertiary alicyclic amines) is 1. The summed E-state index contributed by atoms with van der Waals surface area (Å²) in [6.45, 7) is 3.69. The van der Waals surface area contributed by atoms with Gasteiger partial charge in [-0.1, -0.05) is 18.3 Å². The maximum absolute atomic E-state index is 12.0. The van der Waals surface area contributed by atoms with Gasteiger partial charge in [-0.25, -0.2) is 4.79 Å². The van der Waals surface area contributed by atoms with E-state index in [1.807, 2.05) is 0 Å². The Balaban J connectivity index is 1.83. The Morgan fingerprint density at radius 3 is 2.84 bits per heavy atom. The number of carbonyl (C=O) groups is 1. The molecule has 7 heteroatoms. The summed E-state index contributed by atoms with van der Waals surface area (Å²) in [5, 5.41) is 21.4. The molecule has 0 radical (unpaired) electrons. The SMILES string of the molecule is CCCc1nnc(NC(=O)N2CCC(CO)CC2)s1. The van der Waals surface area contributed by atoms with Gasteiger partial charge >= 0.3 is 6.03 Å². The molecular weight excluding hydrogens is 264 g/mol. The van der Waals surface area contributed by atoms with E-state index >= 15 is 0 Å². The molecule has 1 fully saturated rings. The van der Waals surface area contributed by atoms with Gasteiger partial charge in [0.15, 0.2) is 0 Å². The summed E-state index contributed by atoms with van der Waals surface area (Å²) in [7, 11) is 0. The molecule has 2 N–H and O–H groups in total. The van der Waals surface area contributed by atoms with Crippen LogP contribution in [0.5, 0.6) is 0 Å². The molecule has 19 heavy (non-hydrogen) atoms. The fourth-order valence-electron chi connectivity index (χ4n) is 2.11. The van der Waals surface area contributed by atoms with Crippen molar-refractivity contribution >= 4 is 22.5 Å². The van der Waals surface area contributed by atoms with E-state index in [1.165, 1.54) is 11.3 Å². The molecule has 1 saturated heterocycles. The summed E-state index contributed by atoms with van der Waals surface area (Å²) < 4.78 is 0. The van der Waals surface area contributed by atoms with Crippen LogP contribution in [0.15, 0.2) is 0 Å². The fourth-order valence-corrected chi connectivity index (χ4v) is 2.94. The van der Waals surface area contributed by atoms with Crippen molar-refractivity contribution in [3.05, 3.63) is 5.01 Å². The zero-order valence-electron chi connectivity index (χ0n) is 11.1. The molecule has 106 valence electrons. The average Bonchev–Trinajstić information content (AvgIpc) is 2.86. The molecule has 0 aromatic carbocycles. The molecule has 1 aliphatic rings. The maximum Gasteiger partial charge on any atom is 0.323 e. The van der Waals surface area contributed by atoms with Gasteiger partial charge < -0.3 is 10.0 Å². The first-order valence-electron chi connectivity index (χ1n) is 6.72. The van der Waals surface area contributed by atoms with Crippen molar-refractivity contribution in [2.75, 3.05) is 25.0 Å². The van der Waals surface area contributed by atoms with E-state index in [0.29, 0.717) is 24.1 Å². The van der Waals surface area contributed by atoms with Crippen LogP contribution in [0, 0.1) is 5.92 Å². The van der Waals surface area contributed by atoms with Crippen LogP contribution in [0.1, 0.15) is 31.2 Å². The van der Waals surface area contributed by atoms with E-state index in [-0.39, 0.29) is 12.6 Å². The van der Waals surface area contributed by atoms with Gasteiger partial charge in [0.2, 0.25) is 5.13 Å². The molecular formula is C12H20N4O2S. The number of hydrogen-bond acceptors (Lipinski definition) is 5. The highest BCUT2D eigenvalue weighted by atomic mass is 32.1. The molecule has 2 amide bonds. The zero-order chi connectivity index (χ0) is 13.7. The van der Waals surface area contributed by atoms with Gasteiger partial charge in [0, 0.05) is 26.1 Å². The van der Waals surface area contributed by atoms with Crippen LogP contribution in [0.2, 0.25) is 0 Å². The molecule has 1 aromatic rings. The Kier molecular flexibility index (Phi) is 5.09. The van der Waals surface area contributed by atoms with Crippen molar-refractivity contribution in [3.8, 4) is 0 Å². The molecule has 0 spiro atoms. The Bertz CT molecular complexity index is 416. The third-order valence-corrected chi connectivity index (χ3v) is 4.20. The van der Waals surface area contributed by atoms with E-state index in [2.05, 4.69) is 22.4 Å². The van der Waals surface area contributed by atoms with Gasteiger partial charge in [0.25, 0.3) is 0 Å². The number of aliphatic hydroxyl groups excluding tert-OH is 1. The second-order valence-corrected chi connectivity index (χ2v) is 5.86. The van der Waals surface area contributed by atoms with Crippen LogP contribution in [0.3, 0.4) is 0 Å². The molecule has 0 atom stereocenters. The molecule has 0 bridgehead atoms. The first-order valence-corrected chi connectivity index (χ1v) is 7.53. The number of aromatic nitrogens is 2. The number of rotatable bonds is 4. The summed E-state index contributed by atoms with van der Waals surface area (Å²) in [6.07, 6.45) is 3.65. The zero-order valence-corrected chi connectivity index (χ0v) is 11.9. The topological polar surface area (TPSA) is 78.4 Å². The van der Waals surface area contributed by atoms with Crippen molar-refractivity contribution in [1.82, 2.24) is 15.1 Å². The Hall–Kier alpha value is -1.21. The standard InChI is InChI=1S/C12H20N4O2S/c1-2-3-10-14-15-11(19-10)13-12(18)16-6-4-9(8-17)5-7-16/h9,17H,2-8H2,1H3,(H,13,15,18). The van der Waals surface area contributed by atoms with Crippen molar-refractivity contribution in [2.45, 2.75) is 32.6 Å². The van der Waals surface area contributed by atoms with E-state index in [1.54, 1.807) is 4.90 Å². The number of carbonyl (C=O) groups excluding carboxylic acids is 1. The number of amides is 2. The van der Waals surface area contributed by atoms with Gasteiger partial charge in [0.1, 0.15) is 5.01 Å². The van der Waals surface area contributed by atoms with Gasteiger partial charge in [-0.2, -0.15) is 0 Å². The summed E-state index contributed by atoms with van der Waals surface area (Å²) in [6, 6.07) is -0.115. The van der Waals surface area contributed by atoms with Crippen molar-refractivity contribution in [3.63, 3.8) is 0 Å². The van der Waals surface area contributed by atoms with Crippen LogP contribution in [-0.2, 0) is 6.42 Å². The van der Waals surface area contributed by atoms with E-state index < -0.39 is 0 Å². The Morgan fingerprint density at radius 2 is 2.21 bits per heavy atom. The summed E-state index contributed by atoms with van der Waals surface area (Å²) in [5.74, 6) is 0.335. The lowest BCUT2D eigenvalue weighted by atomic mass is 9.98. The minimum atomic E-state index is -0.115. The first-order chi connectivity index (χ1) is 9.22. The second kappa shape index (κ2) is 6.81. The smallest absolute Gasteiger partial charge is 0.323 e. The highest BCUT2D eigenvalue weighted by Crippen LogP contribution is 2.20. The number of urea groups is 1. The molecule has 0 saturated carbocycles. The third kappa shape index (κ3) is 3.87. The molecule has 1 aliphatic heterocycles. The summed E-state index contributed by atoms with van der Waals surface area (Å²) >= 11 is 1.43. The van der Waals surface area contributed by atoms with Crippen LogP contribution in [-0.4, -0.2) is 45.9 Å². The summed E-state index contributed by atoms with van der Waals surface area (Å²) in [5.41, 5.74) is 0. The lowest BCUT2D eigenvalue weighted by Gasteiger charge is -2.30. The van der Waals surface area contributed by atoms with Gasteiger partial charge in [0.05, 0.1) is 0 Å². The largest absolute Gasteiger partial charge is 0.396 e. The minimum absolute atomic E-state index is 0.115. The van der Waals surface area contributed by atoms with E-state index in [9.17, 15) is 4.79 Å². The van der Waals surface area contributed by atoms with Crippen molar-refractivity contribution in [1.29, 1.82) is 0 Å². The number of piperidine rings is 1.